The third-order valence-electron chi connectivity index (χ3n) is 4.02. The number of phenolic OH excluding ortho intramolecular Hbond substituents is 2. The van der Waals surface area contributed by atoms with Crippen LogP contribution in [0.1, 0.15) is 30.6 Å². The van der Waals surface area contributed by atoms with Gasteiger partial charge in [-0.3, -0.25) is 0 Å². The lowest BCUT2D eigenvalue weighted by Crippen LogP contribution is -2.20. The molecule has 0 heterocycles. The second-order valence-corrected chi connectivity index (χ2v) is 5.91. The van der Waals surface area contributed by atoms with Crippen molar-refractivity contribution in [1.29, 1.82) is 0 Å². The molecule has 0 bridgehead atoms. The van der Waals surface area contributed by atoms with Crippen molar-refractivity contribution in [2.75, 3.05) is 20.3 Å². The van der Waals surface area contributed by atoms with Crippen LogP contribution in [-0.2, 0) is 9.47 Å². The van der Waals surface area contributed by atoms with E-state index in [0.29, 0.717) is 13.2 Å². The molecular weight excluding hydrogens is 316 g/mol. The van der Waals surface area contributed by atoms with Crippen molar-refractivity contribution in [2.24, 2.45) is 5.92 Å². The van der Waals surface area contributed by atoms with E-state index in [0.717, 1.165) is 17.5 Å². The average Bonchev–Trinajstić information content (AvgIpc) is 2.62. The predicted octanol–water partition coefficient (Wildman–Crippen LogP) is 4.54. The zero-order valence-corrected chi connectivity index (χ0v) is 14.8. The first-order valence-electron chi connectivity index (χ1n) is 8.49. The fourth-order valence-electron chi connectivity index (χ4n) is 2.81. The molecule has 0 spiro atoms. The molecular formula is C21H26O4. The molecule has 2 atom stereocenters. The Labute approximate surface area is 149 Å². The highest BCUT2D eigenvalue weighted by molar-refractivity contribution is 5.50. The molecule has 0 fully saturated rings. The standard InChI is InChI=1S/C21H26O4/c1-3-25-21(17-9-13-20(23)14-10-17)18(15-24-2)6-4-5-16-7-11-19(22)12-8-16/h4-5,7-14,18,21-23H,3,6,15H2,1-2H3/t18-,21+/m1/s1. The molecule has 2 aromatic carbocycles. The van der Waals surface area contributed by atoms with Gasteiger partial charge in [-0.1, -0.05) is 36.4 Å². The van der Waals surface area contributed by atoms with Crippen molar-refractivity contribution in [3.63, 3.8) is 0 Å². The summed E-state index contributed by atoms with van der Waals surface area (Å²) in [5, 5.41) is 18.8. The lowest BCUT2D eigenvalue weighted by atomic mass is 9.92. The summed E-state index contributed by atoms with van der Waals surface area (Å²) in [7, 11) is 1.69. The maximum Gasteiger partial charge on any atom is 0.115 e. The smallest absolute Gasteiger partial charge is 0.115 e. The second-order valence-electron chi connectivity index (χ2n) is 5.91. The molecule has 25 heavy (non-hydrogen) atoms. The van der Waals surface area contributed by atoms with Crippen LogP contribution in [0.5, 0.6) is 11.5 Å². The van der Waals surface area contributed by atoms with Crippen LogP contribution >= 0.6 is 0 Å². The predicted molar refractivity (Wildman–Crippen MR) is 99.6 cm³/mol. The molecule has 134 valence electrons. The van der Waals surface area contributed by atoms with Crippen LogP contribution in [0.3, 0.4) is 0 Å². The Morgan fingerprint density at radius 3 is 2.12 bits per heavy atom. The Bertz CT molecular complexity index is 647. The fourth-order valence-corrected chi connectivity index (χ4v) is 2.81. The molecule has 2 aromatic rings. The van der Waals surface area contributed by atoms with Crippen LogP contribution in [-0.4, -0.2) is 30.5 Å². The van der Waals surface area contributed by atoms with Gasteiger partial charge in [-0.05, 0) is 48.7 Å². The molecule has 4 nitrogen and oxygen atoms in total. The van der Waals surface area contributed by atoms with Crippen LogP contribution in [0.4, 0.5) is 0 Å². The van der Waals surface area contributed by atoms with Gasteiger partial charge in [0.25, 0.3) is 0 Å². The van der Waals surface area contributed by atoms with Crippen molar-refractivity contribution in [1.82, 2.24) is 0 Å². The monoisotopic (exact) mass is 342 g/mol. The van der Waals surface area contributed by atoms with Crippen molar-refractivity contribution in [3.05, 3.63) is 65.7 Å². The highest BCUT2D eigenvalue weighted by atomic mass is 16.5. The fraction of sp³-hybridized carbons (Fsp3) is 0.333. The van der Waals surface area contributed by atoms with E-state index < -0.39 is 0 Å². The molecule has 2 rings (SSSR count). The summed E-state index contributed by atoms with van der Waals surface area (Å²) >= 11 is 0. The minimum Gasteiger partial charge on any atom is -0.508 e. The summed E-state index contributed by atoms with van der Waals surface area (Å²) < 4.78 is 11.4. The second kappa shape index (κ2) is 9.87. The number of hydrogen-bond acceptors (Lipinski definition) is 4. The van der Waals surface area contributed by atoms with E-state index in [4.69, 9.17) is 9.47 Å². The lowest BCUT2D eigenvalue weighted by Gasteiger charge is -2.26. The van der Waals surface area contributed by atoms with Gasteiger partial charge >= 0.3 is 0 Å². The lowest BCUT2D eigenvalue weighted by molar-refractivity contribution is -0.00937. The number of methoxy groups -OCH3 is 1. The molecule has 0 aliphatic rings. The third-order valence-corrected chi connectivity index (χ3v) is 4.02. The molecule has 0 amide bonds. The molecule has 0 saturated carbocycles. The van der Waals surface area contributed by atoms with E-state index in [1.807, 2.05) is 37.3 Å². The minimum absolute atomic E-state index is 0.102. The molecule has 4 heteroatoms. The molecule has 0 radical (unpaired) electrons. The summed E-state index contributed by atoms with van der Waals surface area (Å²) in [5.41, 5.74) is 2.06. The number of hydrogen-bond donors (Lipinski definition) is 2. The Hall–Kier alpha value is -2.30. The summed E-state index contributed by atoms with van der Waals surface area (Å²) in [6.07, 6.45) is 4.82. The Kier molecular flexibility index (Phi) is 7.51. The first-order valence-corrected chi connectivity index (χ1v) is 8.49. The van der Waals surface area contributed by atoms with Crippen LogP contribution < -0.4 is 0 Å². The summed E-state index contributed by atoms with van der Waals surface area (Å²) in [5.74, 6) is 0.663. The van der Waals surface area contributed by atoms with E-state index >= 15 is 0 Å². The Balaban J connectivity index is 2.12. The van der Waals surface area contributed by atoms with E-state index in [1.54, 1.807) is 31.4 Å². The van der Waals surface area contributed by atoms with E-state index in [9.17, 15) is 10.2 Å². The van der Waals surface area contributed by atoms with Gasteiger partial charge in [0.2, 0.25) is 0 Å². The van der Waals surface area contributed by atoms with Crippen LogP contribution in [0.15, 0.2) is 54.6 Å². The van der Waals surface area contributed by atoms with E-state index in [2.05, 4.69) is 6.08 Å². The highest BCUT2D eigenvalue weighted by Gasteiger charge is 2.23. The van der Waals surface area contributed by atoms with Gasteiger partial charge in [-0.15, -0.1) is 0 Å². The number of phenols is 2. The molecule has 0 aliphatic heterocycles. The van der Waals surface area contributed by atoms with Gasteiger partial charge < -0.3 is 19.7 Å². The van der Waals surface area contributed by atoms with Gasteiger partial charge in [0.05, 0.1) is 12.7 Å². The number of rotatable bonds is 9. The van der Waals surface area contributed by atoms with Crippen molar-refractivity contribution in [2.45, 2.75) is 19.4 Å². The van der Waals surface area contributed by atoms with Gasteiger partial charge in [-0.2, -0.15) is 0 Å². The Morgan fingerprint density at radius 2 is 1.56 bits per heavy atom. The maximum atomic E-state index is 9.50. The van der Waals surface area contributed by atoms with Gasteiger partial charge in [0.1, 0.15) is 11.5 Å². The van der Waals surface area contributed by atoms with Crippen LogP contribution in [0.25, 0.3) is 6.08 Å². The number of aromatic hydroxyl groups is 2. The number of benzene rings is 2. The van der Waals surface area contributed by atoms with Crippen molar-refractivity contribution in [3.8, 4) is 11.5 Å². The first-order chi connectivity index (χ1) is 12.1. The molecule has 2 N–H and O–H groups in total. The minimum atomic E-state index is -0.102. The molecule has 0 aliphatic carbocycles. The zero-order valence-electron chi connectivity index (χ0n) is 14.8. The third kappa shape index (κ3) is 5.93. The van der Waals surface area contributed by atoms with Gasteiger partial charge in [0.15, 0.2) is 0 Å². The number of ether oxygens (including phenoxy) is 2. The first kappa shape index (κ1) is 19.0. The molecule has 0 saturated heterocycles. The quantitative estimate of drug-likeness (QED) is 0.702. The van der Waals surface area contributed by atoms with Gasteiger partial charge in [-0.25, -0.2) is 0 Å². The summed E-state index contributed by atoms with van der Waals surface area (Å²) in [6, 6.07) is 14.2. The highest BCUT2D eigenvalue weighted by Crippen LogP contribution is 2.30. The largest absolute Gasteiger partial charge is 0.508 e. The Morgan fingerprint density at radius 1 is 0.960 bits per heavy atom. The normalized spacial score (nSPS) is 13.8. The SMILES string of the molecule is CCO[C@@H](c1ccc(O)cc1)[C@H](CC=Cc1ccc(O)cc1)COC. The van der Waals surface area contributed by atoms with E-state index in [-0.39, 0.29) is 23.5 Å². The van der Waals surface area contributed by atoms with E-state index in [1.165, 1.54) is 0 Å². The van der Waals surface area contributed by atoms with Crippen LogP contribution in [0, 0.1) is 5.92 Å². The number of allylic oxidation sites excluding steroid dienone is 1. The molecule has 0 aromatic heterocycles. The summed E-state index contributed by atoms with van der Waals surface area (Å²) in [6.45, 7) is 3.16. The maximum absolute atomic E-state index is 9.50. The zero-order chi connectivity index (χ0) is 18.1. The van der Waals surface area contributed by atoms with Crippen molar-refractivity contribution >= 4 is 6.08 Å². The van der Waals surface area contributed by atoms with Gasteiger partial charge in [0, 0.05) is 19.6 Å². The summed E-state index contributed by atoms with van der Waals surface area (Å²) in [4.78, 5) is 0. The van der Waals surface area contributed by atoms with Crippen LogP contribution in [0.2, 0.25) is 0 Å². The topological polar surface area (TPSA) is 58.9 Å². The van der Waals surface area contributed by atoms with Crippen molar-refractivity contribution < 1.29 is 19.7 Å². The average molecular weight is 342 g/mol. The molecule has 0 unspecified atom stereocenters.